The van der Waals surface area contributed by atoms with E-state index in [2.05, 4.69) is 56.4 Å². The number of unbranched alkanes of at least 4 members (excludes halogenated alkanes) is 5. The zero-order valence-corrected chi connectivity index (χ0v) is 53.2. The van der Waals surface area contributed by atoms with E-state index in [1.807, 2.05) is 10.6 Å². The van der Waals surface area contributed by atoms with Crippen molar-refractivity contribution in [1.29, 1.82) is 0 Å². The van der Waals surface area contributed by atoms with Gasteiger partial charge in [0.25, 0.3) is 0 Å². The number of carboxylic acids is 4. The van der Waals surface area contributed by atoms with Crippen LogP contribution < -0.4 is 58.9 Å². The van der Waals surface area contributed by atoms with Gasteiger partial charge in [-0.3, -0.25) is 76.7 Å². The Kier molecular flexibility index (Phi) is 32.1. The van der Waals surface area contributed by atoms with Gasteiger partial charge in [0.1, 0.15) is 54.4 Å². The second-order valence-electron chi connectivity index (χ2n) is 24.2. The summed E-state index contributed by atoms with van der Waals surface area (Å²) in [7, 11) is 0. The quantitative estimate of drug-likeness (QED) is 0.0358. The number of fused-ring (bicyclic) bond motifs is 2. The Labute approximate surface area is 532 Å². The van der Waals surface area contributed by atoms with Crippen LogP contribution in [0.3, 0.4) is 0 Å². The third-order valence-electron chi connectivity index (χ3n) is 15.7. The van der Waals surface area contributed by atoms with Gasteiger partial charge in [0.2, 0.25) is 70.9 Å². The lowest BCUT2D eigenvalue weighted by Crippen LogP contribution is -2.66. The molecule has 0 aromatic rings. The van der Waals surface area contributed by atoms with E-state index in [4.69, 9.17) is 5.73 Å². The molecule has 3 heterocycles. The molecule has 33 heteroatoms. The first-order chi connectivity index (χ1) is 43.2. The first-order valence-electron chi connectivity index (χ1n) is 31.1. The predicted octanol–water partition coefficient (Wildman–Crippen LogP) is -3.02. The smallest absolute Gasteiger partial charge is 0.308 e. The molecule has 0 spiro atoms. The number of nitrogens with zero attached hydrogens (tertiary/aromatic N) is 2. The van der Waals surface area contributed by atoms with Gasteiger partial charge < -0.3 is 89.1 Å². The number of rotatable bonds is 23. The Morgan fingerprint density at radius 1 is 0.576 bits per heavy atom. The van der Waals surface area contributed by atoms with Crippen molar-refractivity contribution in [1.82, 2.24) is 63.0 Å². The molecule has 514 valence electrons. The van der Waals surface area contributed by atoms with Gasteiger partial charge in [-0.1, -0.05) is 72.0 Å². The van der Waals surface area contributed by atoms with Crippen LogP contribution in [0.2, 0.25) is 0 Å². The van der Waals surface area contributed by atoms with E-state index in [0.717, 1.165) is 55.2 Å². The second-order valence-corrected chi connectivity index (χ2v) is 24.2. The van der Waals surface area contributed by atoms with E-state index >= 15 is 4.79 Å². The fourth-order valence-electron chi connectivity index (χ4n) is 10.6. The molecule has 0 saturated carbocycles. The number of carboxylic acid groups (broad SMARTS) is 4. The molecular formula is C59H93N13O20. The minimum atomic E-state index is -2.15. The zero-order valence-electron chi connectivity index (χ0n) is 53.2. The molecule has 0 radical (unpaired) electrons. The van der Waals surface area contributed by atoms with Crippen LogP contribution >= 0.6 is 0 Å². The van der Waals surface area contributed by atoms with Crippen molar-refractivity contribution >= 4 is 94.8 Å². The number of allylic oxidation sites excluding steroid dienone is 1. The van der Waals surface area contributed by atoms with Crippen LogP contribution in [0.15, 0.2) is 12.2 Å². The van der Waals surface area contributed by atoms with Crippen LogP contribution in [0.1, 0.15) is 151 Å². The normalized spacial score (nSPS) is 25.2. The zero-order chi connectivity index (χ0) is 69.1. The first kappa shape index (κ1) is 77.5. The highest BCUT2D eigenvalue weighted by molar-refractivity contribution is 6.01. The second kappa shape index (κ2) is 38.2. The number of aliphatic carboxylic acids is 4. The van der Waals surface area contributed by atoms with E-state index < -0.39 is 205 Å². The van der Waals surface area contributed by atoms with Crippen LogP contribution in [-0.2, 0) is 76.7 Å². The Hall–Kier alpha value is -8.78. The highest BCUT2D eigenvalue weighted by atomic mass is 16.4. The molecule has 16 N–H and O–H groups in total. The van der Waals surface area contributed by atoms with Crippen molar-refractivity contribution in [2.75, 3.05) is 26.2 Å². The van der Waals surface area contributed by atoms with E-state index in [9.17, 15) is 92.3 Å². The molecule has 0 bridgehead atoms. The topological polar surface area (TPSA) is 507 Å². The molecule has 3 aliphatic heterocycles. The predicted molar refractivity (Wildman–Crippen MR) is 324 cm³/mol. The molecule has 12 atom stereocenters. The molecule has 0 aliphatic carbocycles. The average molecular weight is 1300 g/mol. The molecule has 0 aromatic carbocycles. The number of carbonyl (C=O) groups is 16. The number of piperidine rings is 1. The van der Waals surface area contributed by atoms with Crippen LogP contribution in [0, 0.1) is 17.8 Å². The summed E-state index contributed by atoms with van der Waals surface area (Å²) in [6, 6.07) is -18.5. The molecule has 92 heavy (non-hydrogen) atoms. The van der Waals surface area contributed by atoms with Gasteiger partial charge in [0.05, 0.1) is 44.3 Å². The molecule has 0 aromatic heterocycles. The van der Waals surface area contributed by atoms with E-state index in [0.29, 0.717) is 12.3 Å². The molecule has 33 nitrogen and oxygen atoms in total. The highest BCUT2D eigenvalue weighted by Crippen LogP contribution is 2.24. The van der Waals surface area contributed by atoms with E-state index in [-0.39, 0.29) is 51.6 Å². The SMILES string of the molecule is CC(C)CCCCCCC/C=C/CC(=O)N[C@H](CC(=O)O)C(=O)N[C@H]1C(=O)N2CCCC[C@@H]2C(=O)N[C@@H]([C@H](C)C(=O)O)C(=O)N[C@H](CC(=O)O)C(=O)NCC(=O)N[C@H](CC(=O)O)C(=O)NCC(=O)N[C@H]([C@@H](C)N)C(=O)N[C@H](C(C)C)C(=O)N2CCC[C@H]2C(=O)N[C@H]1C. The average Bonchev–Trinajstić information content (AvgIpc) is 1.26. The monoisotopic (exact) mass is 1300 g/mol. The number of carbonyl (C=O) groups excluding carboxylic acids is 12. The van der Waals surface area contributed by atoms with Gasteiger partial charge in [-0.25, -0.2) is 0 Å². The summed E-state index contributed by atoms with van der Waals surface area (Å²) in [5.74, 6) is -21.9. The number of amides is 12. The number of nitrogens with one attached hydrogen (secondary N) is 10. The van der Waals surface area contributed by atoms with Crippen LogP contribution in [-0.4, -0.2) is 218 Å². The minimum absolute atomic E-state index is 0.0223. The van der Waals surface area contributed by atoms with Gasteiger partial charge in [-0.05, 0) is 77.6 Å². The lowest BCUT2D eigenvalue weighted by Gasteiger charge is -2.39. The third kappa shape index (κ3) is 25.5. The summed E-state index contributed by atoms with van der Waals surface area (Å²) < 4.78 is 0. The van der Waals surface area contributed by atoms with Crippen LogP contribution in [0.25, 0.3) is 0 Å². The van der Waals surface area contributed by atoms with Crippen LogP contribution in [0.4, 0.5) is 0 Å². The number of nitrogens with two attached hydrogens (primary N) is 1. The fraction of sp³-hybridized carbons (Fsp3) is 0.695. The molecule has 12 amide bonds. The molecule has 3 fully saturated rings. The summed E-state index contributed by atoms with van der Waals surface area (Å²) in [6.45, 7) is 8.70. The van der Waals surface area contributed by atoms with E-state index in [1.165, 1.54) is 13.8 Å². The van der Waals surface area contributed by atoms with Gasteiger partial charge in [0, 0.05) is 25.6 Å². The van der Waals surface area contributed by atoms with Gasteiger partial charge in [0.15, 0.2) is 0 Å². The maximum atomic E-state index is 15.2. The van der Waals surface area contributed by atoms with Gasteiger partial charge >= 0.3 is 23.9 Å². The molecule has 3 aliphatic rings. The highest BCUT2D eigenvalue weighted by Gasteiger charge is 2.45. The van der Waals surface area contributed by atoms with Crippen molar-refractivity contribution in [3.63, 3.8) is 0 Å². The molecule has 0 unspecified atom stereocenters. The fourth-order valence-corrected chi connectivity index (χ4v) is 10.6. The largest absolute Gasteiger partial charge is 0.481 e. The molecule has 3 saturated heterocycles. The Balaban J connectivity index is 2.16. The maximum Gasteiger partial charge on any atom is 0.308 e. The lowest BCUT2D eigenvalue weighted by molar-refractivity contribution is -0.150. The number of hydrogen-bond acceptors (Lipinski definition) is 17. The van der Waals surface area contributed by atoms with Gasteiger partial charge in [-0.2, -0.15) is 0 Å². The van der Waals surface area contributed by atoms with Crippen molar-refractivity contribution in [3.8, 4) is 0 Å². The van der Waals surface area contributed by atoms with Crippen molar-refractivity contribution in [3.05, 3.63) is 12.2 Å². The van der Waals surface area contributed by atoms with Crippen molar-refractivity contribution < 1.29 is 97.1 Å². The lowest BCUT2D eigenvalue weighted by atomic mass is 9.96. The van der Waals surface area contributed by atoms with Crippen LogP contribution in [0.5, 0.6) is 0 Å². The summed E-state index contributed by atoms with van der Waals surface area (Å²) in [5.41, 5.74) is 6.11. The van der Waals surface area contributed by atoms with E-state index in [1.54, 1.807) is 26.0 Å². The number of hydrogen-bond donors (Lipinski definition) is 15. The Bertz CT molecular complexity index is 2720. The summed E-state index contributed by atoms with van der Waals surface area (Å²) in [4.78, 5) is 218. The summed E-state index contributed by atoms with van der Waals surface area (Å²) >= 11 is 0. The Morgan fingerprint density at radius 2 is 1.10 bits per heavy atom. The maximum absolute atomic E-state index is 15.2. The Morgan fingerprint density at radius 3 is 1.66 bits per heavy atom. The van der Waals surface area contributed by atoms with Crippen molar-refractivity contribution in [2.45, 2.75) is 218 Å². The summed E-state index contributed by atoms with van der Waals surface area (Å²) in [5, 5.41) is 62.3. The minimum Gasteiger partial charge on any atom is -0.481 e. The van der Waals surface area contributed by atoms with Crippen molar-refractivity contribution in [2.24, 2.45) is 23.5 Å². The first-order valence-corrected chi connectivity index (χ1v) is 31.1. The molecule has 3 rings (SSSR count). The summed E-state index contributed by atoms with van der Waals surface area (Å²) in [6.07, 6.45) is 7.21. The van der Waals surface area contributed by atoms with Gasteiger partial charge in [-0.15, -0.1) is 0 Å². The third-order valence-corrected chi connectivity index (χ3v) is 15.7. The molecular weight excluding hydrogens is 1210 g/mol. The standard InChI is InChI=1S/C59H93N13O20/c1-30(2)19-14-12-10-8-9-11-13-15-22-40(73)64-37(27-45(80)81)52(84)70-49-34(7)63-53(85)39-21-18-24-72(39)57(89)46(31(3)4)68-56(88)48(33(6)60)67-42(75)29-62-50(82)35(25-43(76)77)65-41(74)28-61-51(83)36(26-44(78)79)66-55(87)47(32(5)59(91)92)69-54(86)38-20-16-17-23-71(38)58(49)90/h13,15,30-39,46-49H,8-12,14,16-29,60H2,1-7H3,(H,61,83)(H,62,82)(H,63,85)(H,64,73)(H,65,74)(H,66,87)(H,67,75)(H,68,88)(H,69,86)(H,70,84)(H,76,77)(H,78,79)(H,80,81)(H,91,92)/b15-13+/t32-,33+,34-,35+,36+,37+,38+,39-,46+,47-,48+,49+/m0/s1.